The number of hydrogen-bond acceptors (Lipinski definition) is 2. The maximum Gasteiger partial charge on any atom is 0.103 e. The second-order valence-electron chi connectivity index (χ2n) is 1.33. The summed E-state index contributed by atoms with van der Waals surface area (Å²) in [6, 6.07) is 0. The van der Waals surface area contributed by atoms with E-state index < -0.39 is 0 Å². The molecule has 1 rings (SSSR count). The van der Waals surface area contributed by atoms with Gasteiger partial charge in [0.05, 0.1) is 6.54 Å². The first kappa shape index (κ1) is 3.68. The quantitative estimate of drug-likeness (QED) is 0.435. The van der Waals surface area contributed by atoms with Crippen LogP contribution in [0.5, 0.6) is 0 Å². The van der Waals surface area contributed by atoms with Crippen molar-refractivity contribution in [2.24, 2.45) is 0 Å². The first-order valence-electron chi connectivity index (χ1n) is 1.98. The van der Waals surface area contributed by atoms with Crippen LogP contribution >= 0.6 is 0 Å². The number of nitrogens with one attached hydrogen (secondary N) is 1. The van der Waals surface area contributed by atoms with Gasteiger partial charge in [0.15, 0.2) is 0 Å². The Bertz CT molecular complexity index is 77.6. The van der Waals surface area contributed by atoms with E-state index >= 15 is 0 Å². The maximum absolute atomic E-state index is 8.53. The second kappa shape index (κ2) is 1.30. The molecular formula is C4H7NO. The van der Waals surface area contributed by atoms with Crippen LogP contribution in [0.15, 0.2) is 11.8 Å². The van der Waals surface area contributed by atoms with Crippen molar-refractivity contribution in [1.29, 1.82) is 0 Å². The normalized spacial score (nSPS) is 21.0. The summed E-state index contributed by atoms with van der Waals surface area (Å²) in [7, 11) is 0. The molecule has 0 aromatic rings. The van der Waals surface area contributed by atoms with Crippen molar-refractivity contribution in [1.82, 2.24) is 5.32 Å². The minimum atomic E-state index is 0.468. The molecular weight excluding hydrogens is 78.0 g/mol. The second-order valence-corrected chi connectivity index (χ2v) is 1.33. The number of aliphatic hydroxyl groups excluding tert-OH is 1. The van der Waals surface area contributed by atoms with E-state index in [1.165, 1.54) is 0 Å². The fourth-order valence-electron chi connectivity index (χ4n) is 0.462. The highest BCUT2D eigenvalue weighted by Crippen LogP contribution is 1.89. The molecule has 1 heterocycles. The van der Waals surface area contributed by atoms with E-state index in [4.69, 9.17) is 5.11 Å². The van der Waals surface area contributed by atoms with Gasteiger partial charge in [-0.25, -0.2) is 0 Å². The largest absolute Gasteiger partial charge is 0.511 e. The Morgan fingerprint density at radius 1 is 1.83 bits per heavy atom. The third kappa shape index (κ3) is 0.518. The van der Waals surface area contributed by atoms with Crippen molar-refractivity contribution in [3.63, 3.8) is 0 Å². The molecule has 0 saturated carbocycles. The van der Waals surface area contributed by atoms with Crippen molar-refractivity contribution in [2.45, 2.75) is 0 Å². The molecule has 0 bridgehead atoms. The molecule has 0 aromatic heterocycles. The van der Waals surface area contributed by atoms with Gasteiger partial charge in [-0.2, -0.15) is 0 Å². The maximum atomic E-state index is 8.53. The van der Waals surface area contributed by atoms with Gasteiger partial charge in [-0.05, 0) is 6.08 Å². The number of aliphatic hydroxyl groups is 1. The van der Waals surface area contributed by atoms with E-state index in [9.17, 15) is 0 Å². The zero-order valence-corrected chi connectivity index (χ0v) is 3.44. The van der Waals surface area contributed by atoms with Gasteiger partial charge in [0.1, 0.15) is 5.76 Å². The van der Waals surface area contributed by atoms with E-state index in [1.54, 1.807) is 6.08 Å². The molecule has 1 aliphatic heterocycles. The van der Waals surface area contributed by atoms with Crippen molar-refractivity contribution < 1.29 is 5.11 Å². The smallest absolute Gasteiger partial charge is 0.103 e. The summed E-state index contributed by atoms with van der Waals surface area (Å²) in [6.07, 6.45) is 1.76. The van der Waals surface area contributed by atoms with Crippen molar-refractivity contribution in [3.8, 4) is 0 Å². The minimum Gasteiger partial charge on any atom is -0.511 e. The summed E-state index contributed by atoms with van der Waals surface area (Å²) in [4.78, 5) is 0. The molecule has 1 aliphatic rings. The standard InChI is InChI=1S/C4H7NO/c6-4-1-2-5-3-4/h1,5-6H,2-3H2. The Morgan fingerprint density at radius 2 is 2.67 bits per heavy atom. The minimum absolute atomic E-state index is 0.468. The zero-order chi connectivity index (χ0) is 4.41. The summed E-state index contributed by atoms with van der Waals surface area (Å²) < 4.78 is 0. The molecule has 0 aromatic carbocycles. The SMILES string of the molecule is OC1=CCNC1. The van der Waals surface area contributed by atoms with Crippen molar-refractivity contribution >= 4 is 0 Å². The molecule has 0 amide bonds. The fraction of sp³-hybridized carbons (Fsp3) is 0.500. The predicted octanol–water partition coefficient (Wildman–Crippen LogP) is 0.0315. The van der Waals surface area contributed by atoms with Crippen molar-refractivity contribution in [2.75, 3.05) is 13.1 Å². The van der Waals surface area contributed by atoms with E-state index in [0.717, 1.165) is 6.54 Å². The number of rotatable bonds is 0. The van der Waals surface area contributed by atoms with Crippen LogP contribution in [0.4, 0.5) is 0 Å². The molecule has 2 N–H and O–H groups in total. The summed E-state index contributed by atoms with van der Waals surface area (Å²) in [5.41, 5.74) is 0. The first-order chi connectivity index (χ1) is 2.89. The van der Waals surface area contributed by atoms with Crippen LogP contribution in [0.3, 0.4) is 0 Å². The topological polar surface area (TPSA) is 32.3 Å². The molecule has 0 radical (unpaired) electrons. The van der Waals surface area contributed by atoms with Gasteiger partial charge in [0.25, 0.3) is 0 Å². The lowest BCUT2D eigenvalue weighted by Gasteiger charge is -1.83. The fourth-order valence-corrected chi connectivity index (χ4v) is 0.462. The Kier molecular flexibility index (Phi) is 0.801. The summed E-state index contributed by atoms with van der Waals surface area (Å²) in [5, 5.41) is 11.5. The van der Waals surface area contributed by atoms with Crippen LogP contribution in [0, 0.1) is 0 Å². The number of hydrogen-bond donors (Lipinski definition) is 2. The molecule has 34 valence electrons. The zero-order valence-electron chi connectivity index (χ0n) is 3.44. The highest BCUT2D eigenvalue weighted by molar-refractivity contribution is 5.00. The van der Waals surface area contributed by atoms with E-state index in [1.807, 2.05) is 0 Å². The van der Waals surface area contributed by atoms with Crippen LogP contribution in [0.25, 0.3) is 0 Å². The van der Waals surface area contributed by atoms with E-state index in [0.29, 0.717) is 12.3 Å². The lowest BCUT2D eigenvalue weighted by molar-refractivity contribution is 0.404. The van der Waals surface area contributed by atoms with Crippen LogP contribution in [0.2, 0.25) is 0 Å². The Morgan fingerprint density at radius 3 is 2.83 bits per heavy atom. The molecule has 2 nitrogen and oxygen atoms in total. The van der Waals surface area contributed by atoms with Gasteiger partial charge in [0, 0.05) is 6.54 Å². The van der Waals surface area contributed by atoms with Gasteiger partial charge >= 0.3 is 0 Å². The van der Waals surface area contributed by atoms with Crippen LogP contribution in [0.1, 0.15) is 0 Å². The molecule has 0 saturated heterocycles. The Labute approximate surface area is 36.5 Å². The Hall–Kier alpha value is -0.500. The molecule has 6 heavy (non-hydrogen) atoms. The molecule has 2 heteroatoms. The first-order valence-corrected chi connectivity index (χ1v) is 1.98. The predicted molar refractivity (Wildman–Crippen MR) is 23.6 cm³/mol. The highest BCUT2D eigenvalue weighted by atomic mass is 16.3. The lowest BCUT2D eigenvalue weighted by Crippen LogP contribution is -2.07. The molecule has 0 unspecified atom stereocenters. The Balaban J connectivity index is 2.45. The third-order valence-corrected chi connectivity index (χ3v) is 0.788. The average molecular weight is 85.1 g/mol. The third-order valence-electron chi connectivity index (χ3n) is 0.788. The molecule has 0 aliphatic carbocycles. The van der Waals surface area contributed by atoms with Gasteiger partial charge < -0.3 is 10.4 Å². The summed E-state index contributed by atoms with van der Waals surface area (Å²) >= 11 is 0. The lowest BCUT2D eigenvalue weighted by atomic mass is 10.5. The molecule has 0 atom stereocenters. The highest BCUT2D eigenvalue weighted by Gasteiger charge is 1.96. The molecule has 0 spiro atoms. The van der Waals surface area contributed by atoms with E-state index in [-0.39, 0.29) is 0 Å². The van der Waals surface area contributed by atoms with Crippen molar-refractivity contribution in [3.05, 3.63) is 11.8 Å². The molecule has 0 fully saturated rings. The average Bonchev–Trinajstić information content (AvgIpc) is 1.86. The van der Waals surface area contributed by atoms with Gasteiger partial charge in [-0.3, -0.25) is 0 Å². The van der Waals surface area contributed by atoms with Gasteiger partial charge in [-0.1, -0.05) is 0 Å². The van der Waals surface area contributed by atoms with Crippen LogP contribution in [-0.4, -0.2) is 18.2 Å². The summed E-state index contributed by atoms with van der Waals surface area (Å²) in [6.45, 7) is 1.48. The van der Waals surface area contributed by atoms with E-state index in [2.05, 4.69) is 5.32 Å². The van der Waals surface area contributed by atoms with Gasteiger partial charge in [0.2, 0.25) is 0 Å². The van der Waals surface area contributed by atoms with Crippen LogP contribution in [-0.2, 0) is 0 Å². The monoisotopic (exact) mass is 85.1 g/mol. The van der Waals surface area contributed by atoms with Crippen LogP contribution < -0.4 is 5.32 Å². The van der Waals surface area contributed by atoms with Gasteiger partial charge in [-0.15, -0.1) is 0 Å². The summed E-state index contributed by atoms with van der Waals surface area (Å²) in [5.74, 6) is 0.468.